The number of imidazole rings is 1. The van der Waals surface area contributed by atoms with Gasteiger partial charge in [0, 0.05) is 31.4 Å². The van der Waals surface area contributed by atoms with E-state index in [-0.39, 0.29) is 5.82 Å². The monoisotopic (exact) mass is 354 g/mol. The Bertz CT molecular complexity index is 900. The Labute approximate surface area is 152 Å². The number of rotatable bonds is 4. The predicted molar refractivity (Wildman–Crippen MR) is 99.9 cm³/mol. The highest BCUT2D eigenvalue weighted by molar-refractivity contribution is 5.68. The number of hydrogen-bond donors (Lipinski definition) is 1. The molecule has 2 aromatic heterocycles. The number of ether oxygens (including phenoxy) is 1. The van der Waals surface area contributed by atoms with E-state index in [9.17, 15) is 4.39 Å². The van der Waals surface area contributed by atoms with Gasteiger partial charge in [0.15, 0.2) is 0 Å². The van der Waals surface area contributed by atoms with E-state index < -0.39 is 0 Å². The highest BCUT2D eigenvalue weighted by Crippen LogP contribution is 2.28. The number of methoxy groups -OCH3 is 1. The van der Waals surface area contributed by atoms with E-state index in [4.69, 9.17) is 9.72 Å². The smallest absolute Gasteiger partial charge is 0.139 e. The SMILES string of the molecule is COc1cccc(-c2nc3ccc(F)cn3c2CN2CCCNCC2)c1. The van der Waals surface area contributed by atoms with Crippen LogP contribution >= 0.6 is 0 Å². The third kappa shape index (κ3) is 3.43. The molecule has 1 aliphatic heterocycles. The maximum atomic E-state index is 13.9. The van der Waals surface area contributed by atoms with E-state index in [0.29, 0.717) is 0 Å². The lowest BCUT2D eigenvalue weighted by atomic mass is 10.1. The second kappa shape index (κ2) is 7.43. The average molecular weight is 354 g/mol. The highest BCUT2D eigenvalue weighted by Gasteiger charge is 2.19. The summed E-state index contributed by atoms with van der Waals surface area (Å²) in [7, 11) is 1.66. The molecule has 1 aliphatic rings. The zero-order valence-electron chi connectivity index (χ0n) is 14.9. The van der Waals surface area contributed by atoms with Crippen LogP contribution in [0.4, 0.5) is 4.39 Å². The Balaban J connectivity index is 1.80. The molecule has 0 saturated carbocycles. The number of benzene rings is 1. The Morgan fingerprint density at radius 1 is 1.19 bits per heavy atom. The maximum Gasteiger partial charge on any atom is 0.139 e. The van der Waals surface area contributed by atoms with Gasteiger partial charge in [-0.3, -0.25) is 9.30 Å². The quantitative estimate of drug-likeness (QED) is 0.782. The molecule has 0 atom stereocenters. The van der Waals surface area contributed by atoms with Crippen molar-refractivity contribution in [2.24, 2.45) is 0 Å². The van der Waals surface area contributed by atoms with Gasteiger partial charge in [-0.2, -0.15) is 0 Å². The fourth-order valence-corrected chi connectivity index (χ4v) is 3.49. The lowest BCUT2D eigenvalue weighted by Crippen LogP contribution is -2.28. The van der Waals surface area contributed by atoms with Crippen molar-refractivity contribution >= 4 is 5.65 Å². The van der Waals surface area contributed by atoms with Gasteiger partial charge in [-0.1, -0.05) is 12.1 Å². The zero-order chi connectivity index (χ0) is 17.9. The van der Waals surface area contributed by atoms with Crippen LogP contribution in [0.3, 0.4) is 0 Å². The predicted octanol–water partition coefficient (Wildman–Crippen LogP) is 2.94. The van der Waals surface area contributed by atoms with E-state index in [1.807, 2.05) is 28.7 Å². The molecule has 0 aliphatic carbocycles. The Morgan fingerprint density at radius 2 is 2.12 bits per heavy atom. The van der Waals surface area contributed by atoms with Crippen molar-refractivity contribution in [3.05, 3.63) is 54.1 Å². The number of halogens is 1. The van der Waals surface area contributed by atoms with Crippen molar-refractivity contribution in [3.63, 3.8) is 0 Å². The van der Waals surface area contributed by atoms with Crippen molar-refractivity contribution < 1.29 is 9.13 Å². The Morgan fingerprint density at radius 3 is 3.00 bits per heavy atom. The van der Waals surface area contributed by atoms with Gasteiger partial charge in [-0.05, 0) is 43.8 Å². The molecule has 1 fully saturated rings. The summed E-state index contributed by atoms with van der Waals surface area (Å²) in [5, 5.41) is 3.42. The number of aromatic nitrogens is 2. The van der Waals surface area contributed by atoms with Gasteiger partial charge in [-0.25, -0.2) is 9.37 Å². The first kappa shape index (κ1) is 17.0. The summed E-state index contributed by atoms with van der Waals surface area (Å²) >= 11 is 0. The molecule has 0 spiro atoms. The fourth-order valence-electron chi connectivity index (χ4n) is 3.49. The molecule has 1 N–H and O–H groups in total. The molecule has 4 rings (SSSR count). The topological polar surface area (TPSA) is 41.8 Å². The molecule has 1 aromatic carbocycles. The van der Waals surface area contributed by atoms with Crippen molar-refractivity contribution in [2.75, 3.05) is 33.3 Å². The van der Waals surface area contributed by atoms with Gasteiger partial charge < -0.3 is 10.1 Å². The summed E-state index contributed by atoms with van der Waals surface area (Å²) in [5.41, 5.74) is 3.63. The van der Waals surface area contributed by atoms with Crippen molar-refractivity contribution in [1.82, 2.24) is 19.6 Å². The first-order chi connectivity index (χ1) is 12.7. The van der Waals surface area contributed by atoms with Crippen LogP contribution in [0.5, 0.6) is 5.75 Å². The zero-order valence-corrected chi connectivity index (χ0v) is 14.9. The third-order valence-corrected chi connectivity index (χ3v) is 4.83. The minimum Gasteiger partial charge on any atom is -0.497 e. The number of nitrogens with one attached hydrogen (secondary N) is 1. The molecule has 0 radical (unpaired) electrons. The van der Waals surface area contributed by atoms with Crippen molar-refractivity contribution in [1.29, 1.82) is 0 Å². The van der Waals surface area contributed by atoms with Crippen molar-refractivity contribution in [3.8, 4) is 17.0 Å². The van der Waals surface area contributed by atoms with Gasteiger partial charge in [0.1, 0.15) is 17.2 Å². The molecule has 26 heavy (non-hydrogen) atoms. The highest BCUT2D eigenvalue weighted by atomic mass is 19.1. The normalized spacial score (nSPS) is 15.9. The van der Waals surface area contributed by atoms with Crippen LogP contribution in [0.1, 0.15) is 12.1 Å². The molecule has 3 heterocycles. The van der Waals surface area contributed by atoms with Crippen LogP contribution < -0.4 is 10.1 Å². The molecule has 5 nitrogen and oxygen atoms in total. The largest absolute Gasteiger partial charge is 0.497 e. The summed E-state index contributed by atoms with van der Waals surface area (Å²) in [6.45, 7) is 4.74. The first-order valence-corrected chi connectivity index (χ1v) is 8.98. The van der Waals surface area contributed by atoms with Crippen molar-refractivity contribution in [2.45, 2.75) is 13.0 Å². The summed E-state index contributed by atoms with van der Waals surface area (Å²) in [6.07, 6.45) is 2.64. The average Bonchev–Trinajstić information content (AvgIpc) is 2.83. The molecule has 6 heteroatoms. The van der Waals surface area contributed by atoms with Gasteiger partial charge in [0.05, 0.1) is 18.5 Å². The minimum absolute atomic E-state index is 0.258. The van der Waals surface area contributed by atoms with Gasteiger partial charge in [-0.15, -0.1) is 0 Å². The van der Waals surface area contributed by atoms with Crippen LogP contribution in [0.15, 0.2) is 42.6 Å². The van der Waals surface area contributed by atoms with Gasteiger partial charge in [0.2, 0.25) is 0 Å². The first-order valence-electron chi connectivity index (χ1n) is 8.98. The molecule has 136 valence electrons. The lowest BCUT2D eigenvalue weighted by Gasteiger charge is -2.20. The third-order valence-electron chi connectivity index (χ3n) is 4.83. The molecular formula is C20H23FN4O. The van der Waals surface area contributed by atoms with Gasteiger partial charge >= 0.3 is 0 Å². The molecule has 1 saturated heterocycles. The molecule has 0 unspecified atom stereocenters. The second-order valence-electron chi connectivity index (χ2n) is 6.59. The Hall–Kier alpha value is -2.44. The maximum absolute atomic E-state index is 13.9. The number of pyridine rings is 1. The van der Waals surface area contributed by atoms with Crippen LogP contribution in [0, 0.1) is 5.82 Å². The molecular weight excluding hydrogens is 331 g/mol. The van der Waals surface area contributed by atoms with E-state index in [2.05, 4.69) is 10.2 Å². The number of fused-ring (bicyclic) bond motifs is 1. The van der Waals surface area contributed by atoms with Crippen LogP contribution in [0.25, 0.3) is 16.9 Å². The fraction of sp³-hybridized carbons (Fsp3) is 0.350. The summed E-state index contributed by atoms with van der Waals surface area (Å²) in [5.74, 6) is 0.529. The van der Waals surface area contributed by atoms with E-state index in [1.165, 1.54) is 12.3 Å². The summed E-state index contributed by atoms with van der Waals surface area (Å²) in [6, 6.07) is 11.1. The second-order valence-corrected chi connectivity index (χ2v) is 6.59. The summed E-state index contributed by atoms with van der Waals surface area (Å²) in [4.78, 5) is 7.19. The van der Waals surface area contributed by atoms with Crippen LogP contribution in [-0.4, -0.2) is 47.6 Å². The van der Waals surface area contributed by atoms with E-state index in [1.54, 1.807) is 13.2 Å². The standard InChI is InChI=1S/C20H23FN4O/c1-26-17-5-2-4-15(12-17)20-18(14-24-10-3-8-22-9-11-24)25-13-16(21)6-7-19(25)23-20/h2,4-7,12-13,22H,3,8-11,14H2,1H3. The lowest BCUT2D eigenvalue weighted by molar-refractivity contribution is 0.280. The molecule has 0 amide bonds. The van der Waals surface area contributed by atoms with Crippen LogP contribution in [0.2, 0.25) is 0 Å². The molecule has 3 aromatic rings. The van der Waals surface area contributed by atoms with Gasteiger partial charge in [0.25, 0.3) is 0 Å². The van der Waals surface area contributed by atoms with Crippen LogP contribution in [-0.2, 0) is 6.54 Å². The number of nitrogens with zero attached hydrogens (tertiary/aromatic N) is 3. The van der Waals surface area contributed by atoms with E-state index >= 15 is 0 Å². The summed E-state index contributed by atoms with van der Waals surface area (Å²) < 4.78 is 21.1. The Kier molecular flexibility index (Phi) is 4.86. The number of hydrogen-bond acceptors (Lipinski definition) is 4. The minimum atomic E-state index is -0.258. The van der Waals surface area contributed by atoms with E-state index in [0.717, 1.165) is 67.5 Å². The molecule has 0 bridgehead atoms.